The van der Waals surface area contributed by atoms with Crippen molar-refractivity contribution in [3.63, 3.8) is 0 Å². The van der Waals surface area contributed by atoms with Crippen LogP contribution in [-0.2, 0) is 4.74 Å². The molecule has 3 nitrogen and oxygen atoms in total. The van der Waals surface area contributed by atoms with E-state index in [9.17, 15) is 0 Å². The Morgan fingerprint density at radius 2 is 2.12 bits per heavy atom. The molecular formula is C12H12N2OS. The lowest BCUT2D eigenvalue weighted by Crippen LogP contribution is -1.97. The maximum Gasteiger partial charge on any atom is 0.102 e. The Hall–Kier alpha value is -1.49. The Kier molecular flexibility index (Phi) is 5.42. The van der Waals surface area contributed by atoms with Crippen LogP contribution in [0.3, 0.4) is 0 Å². The summed E-state index contributed by atoms with van der Waals surface area (Å²) in [6.07, 6.45) is 0. The van der Waals surface area contributed by atoms with Crippen molar-refractivity contribution in [2.24, 2.45) is 0 Å². The molecule has 0 saturated carbocycles. The molecule has 1 aromatic carbocycles. The third kappa shape index (κ3) is 3.27. The molecule has 0 saturated heterocycles. The number of nitrogens with zero attached hydrogens (tertiary/aromatic N) is 2. The van der Waals surface area contributed by atoms with E-state index in [4.69, 9.17) is 15.3 Å². The van der Waals surface area contributed by atoms with Crippen molar-refractivity contribution in [2.75, 3.05) is 19.0 Å². The molecule has 0 atom stereocenters. The fraction of sp³-hybridized carbons (Fsp3) is 0.333. The van der Waals surface area contributed by atoms with E-state index < -0.39 is 0 Å². The van der Waals surface area contributed by atoms with Gasteiger partial charge in [-0.1, -0.05) is 6.07 Å². The summed E-state index contributed by atoms with van der Waals surface area (Å²) in [6.45, 7) is 3.30. The SMILES string of the molecule is CCOCCSc1cccc(C#N)c1C#N. The second kappa shape index (κ2) is 6.90. The largest absolute Gasteiger partial charge is 0.381 e. The minimum atomic E-state index is 0.434. The van der Waals surface area contributed by atoms with Gasteiger partial charge in [0, 0.05) is 17.3 Å². The topological polar surface area (TPSA) is 56.8 Å². The first-order valence-electron chi connectivity index (χ1n) is 4.97. The lowest BCUT2D eigenvalue weighted by molar-refractivity contribution is 0.164. The second-order valence-corrected chi connectivity index (χ2v) is 4.08. The summed E-state index contributed by atoms with van der Waals surface area (Å²) in [6, 6.07) is 9.40. The minimum absolute atomic E-state index is 0.434. The lowest BCUT2D eigenvalue weighted by atomic mass is 10.1. The molecule has 16 heavy (non-hydrogen) atoms. The van der Waals surface area contributed by atoms with Gasteiger partial charge in [0.2, 0.25) is 0 Å². The monoisotopic (exact) mass is 232 g/mol. The molecule has 0 fully saturated rings. The summed E-state index contributed by atoms with van der Waals surface area (Å²) in [5.74, 6) is 0.789. The first kappa shape index (κ1) is 12.6. The summed E-state index contributed by atoms with van der Waals surface area (Å²) < 4.78 is 5.22. The molecular weight excluding hydrogens is 220 g/mol. The third-order valence-electron chi connectivity index (χ3n) is 1.95. The lowest BCUT2D eigenvalue weighted by Gasteiger charge is -2.04. The van der Waals surface area contributed by atoms with Crippen LogP contribution >= 0.6 is 11.8 Å². The number of nitriles is 2. The van der Waals surface area contributed by atoms with E-state index in [0.29, 0.717) is 24.3 Å². The number of hydrogen-bond donors (Lipinski definition) is 0. The van der Waals surface area contributed by atoms with Gasteiger partial charge in [0.25, 0.3) is 0 Å². The number of benzene rings is 1. The molecule has 1 aromatic rings. The Morgan fingerprint density at radius 3 is 2.75 bits per heavy atom. The Bertz CT molecular complexity index is 432. The zero-order valence-corrected chi connectivity index (χ0v) is 9.88. The van der Waals surface area contributed by atoms with E-state index in [2.05, 4.69) is 6.07 Å². The van der Waals surface area contributed by atoms with Gasteiger partial charge < -0.3 is 4.74 Å². The fourth-order valence-electron chi connectivity index (χ4n) is 1.21. The molecule has 0 amide bonds. The molecule has 0 radical (unpaired) electrons. The summed E-state index contributed by atoms with van der Waals surface area (Å²) in [7, 11) is 0. The van der Waals surface area contributed by atoms with Gasteiger partial charge in [-0.25, -0.2) is 0 Å². The summed E-state index contributed by atoms with van der Waals surface area (Å²) in [5.41, 5.74) is 0.899. The molecule has 0 aliphatic heterocycles. The third-order valence-corrected chi connectivity index (χ3v) is 2.97. The maximum absolute atomic E-state index is 8.99. The van der Waals surface area contributed by atoms with Gasteiger partial charge in [-0.15, -0.1) is 11.8 Å². The van der Waals surface area contributed by atoms with Crippen molar-refractivity contribution in [1.29, 1.82) is 10.5 Å². The van der Waals surface area contributed by atoms with Crippen LogP contribution in [0.15, 0.2) is 23.1 Å². The Balaban J connectivity index is 2.74. The normalized spacial score (nSPS) is 9.44. The first-order valence-corrected chi connectivity index (χ1v) is 5.95. The van der Waals surface area contributed by atoms with E-state index in [1.807, 2.05) is 19.1 Å². The predicted octanol–water partition coefficient (Wildman–Crippen LogP) is 2.56. The molecule has 0 aliphatic rings. The van der Waals surface area contributed by atoms with Crippen molar-refractivity contribution in [3.05, 3.63) is 29.3 Å². The van der Waals surface area contributed by atoms with E-state index in [1.165, 1.54) is 0 Å². The van der Waals surface area contributed by atoms with Crippen LogP contribution in [-0.4, -0.2) is 19.0 Å². The molecule has 4 heteroatoms. The highest BCUT2D eigenvalue weighted by atomic mass is 32.2. The van der Waals surface area contributed by atoms with Gasteiger partial charge >= 0.3 is 0 Å². The zero-order chi connectivity index (χ0) is 11.8. The van der Waals surface area contributed by atoms with Crippen LogP contribution < -0.4 is 0 Å². The minimum Gasteiger partial charge on any atom is -0.381 e. The van der Waals surface area contributed by atoms with Crippen molar-refractivity contribution in [3.8, 4) is 12.1 Å². The molecule has 0 N–H and O–H groups in total. The maximum atomic E-state index is 8.99. The Labute approximate surface area is 99.6 Å². The van der Waals surface area contributed by atoms with Crippen molar-refractivity contribution in [2.45, 2.75) is 11.8 Å². The number of ether oxygens (including phenoxy) is 1. The van der Waals surface area contributed by atoms with Crippen LogP contribution in [0, 0.1) is 22.7 Å². The predicted molar refractivity (Wildman–Crippen MR) is 63.1 cm³/mol. The fourth-order valence-corrected chi connectivity index (χ4v) is 2.11. The van der Waals surface area contributed by atoms with E-state index in [0.717, 1.165) is 10.6 Å². The number of hydrogen-bond acceptors (Lipinski definition) is 4. The summed E-state index contributed by atoms with van der Waals surface area (Å²) in [5, 5.41) is 17.8. The van der Waals surface area contributed by atoms with Crippen molar-refractivity contribution < 1.29 is 4.74 Å². The molecule has 0 aliphatic carbocycles. The Morgan fingerprint density at radius 1 is 1.31 bits per heavy atom. The smallest absolute Gasteiger partial charge is 0.102 e. The first-order chi connectivity index (χ1) is 7.83. The molecule has 0 unspecified atom stereocenters. The average Bonchev–Trinajstić information content (AvgIpc) is 2.34. The average molecular weight is 232 g/mol. The highest BCUT2D eigenvalue weighted by Gasteiger charge is 2.07. The van der Waals surface area contributed by atoms with Crippen molar-refractivity contribution in [1.82, 2.24) is 0 Å². The standard InChI is InChI=1S/C12H12N2OS/c1-2-15-6-7-16-12-5-3-4-10(8-13)11(12)9-14/h3-5H,2,6-7H2,1H3. The quantitative estimate of drug-likeness (QED) is 0.578. The van der Waals surface area contributed by atoms with Gasteiger partial charge in [-0.2, -0.15) is 10.5 Å². The highest BCUT2D eigenvalue weighted by Crippen LogP contribution is 2.24. The molecule has 1 rings (SSSR count). The molecule has 0 spiro atoms. The summed E-state index contributed by atoms with van der Waals surface area (Å²) in [4.78, 5) is 0.848. The van der Waals surface area contributed by atoms with E-state index in [-0.39, 0.29) is 0 Å². The van der Waals surface area contributed by atoms with E-state index in [1.54, 1.807) is 23.9 Å². The summed E-state index contributed by atoms with van der Waals surface area (Å²) >= 11 is 1.54. The van der Waals surface area contributed by atoms with Crippen LogP contribution in [0.4, 0.5) is 0 Å². The van der Waals surface area contributed by atoms with Gasteiger partial charge in [0.05, 0.1) is 17.7 Å². The van der Waals surface area contributed by atoms with Crippen LogP contribution in [0.5, 0.6) is 0 Å². The van der Waals surface area contributed by atoms with Crippen LogP contribution in [0.2, 0.25) is 0 Å². The number of thioether (sulfide) groups is 1. The molecule has 0 heterocycles. The second-order valence-electron chi connectivity index (χ2n) is 2.95. The van der Waals surface area contributed by atoms with Gasteiger partial charge in [0.1, 0.15) is 12.1 Å². The van der Waals surface area contributed by atoms with E-state index >= 15 is 0 Å². The van der Waals surface area contributed by atoms with Crippen molar-refractivity contribution >= 4 is 11.8 Å². The van der Waals surface area contributed by atoms with Gasteiger partial charge in [-0.3, -0.25) is 0 Å². The molecule has 0 bridgehead atoms. The van der Waals surface area contributed by atoms with Gasteiger partial charge in [-0.05, 0) is 19.1 Å². The number of rotatable bonds is 5. The zero-order valence-electron chi connectivity index (χ0n) is 9.06. The van der Waals surface area contributed by atoms with Gasteiger partial charge in [0.15, 0.2) is 0 Å². The van der Waals surface area contributed by atoms with Crippen LogP contribution in [0.1, 0.15) is 18.1 Å². The van der Waals surface area contributed by atoms with Crippen LogP contribution in [0.25, 0.3) is 0 Å². The molecule has 0 aromatic heterocycles. The highest BCUT2D eigenvalue weighted by molar-refractivity contribution is 7.99. The molecule has 82 valence electrons.